The Labute approximate surface area is 200 Å². The lowest BCUT2D eigenvalue weighted by Gasteiger charge is -2.18. The molecule has 0 aliphatic rings. The molecular formula is C25H22F2N4O2S. The van der Waals surface area contributed by atoms with Crippen molar-refractivity contribution >= 4 is 23.4 Å². The average molecular weight is 481 g/mol. The maximum atomic E-state index is 14.1. The highest BCUT2D eigenvalue weighted by Gasteiger charge is 2.25. The molecule has 2 unspecified atom stereocenters. The Balaban J connectivity index is 1.59. The van der Waals surface area contributed by atoms with Crippen molar-refractivity contribution in [1.82, 2.24) is 14.8 Å². The number of rotatable bonds is 8. The van der Waals surface area contributed by atoms with Crippen molar-refractivity contribution in [3.8, 4) is 11.4 Å². The topological polar surface area (TPSA) is 69.0 Å². The fourth-order valence-electron chi connectivity index (χ4n) is 3.25. The number of anilines is 1. The third-order valence-electron chi connectivity index (χ3n) is 4.92. The van der Waals surface area contributed by atoms with Gasteiger partial charge in [-0.15, -0.1) is 10.2 Å². The summed E-state index contributed by atoms with van der Waals surface area (Å²) in [6, 6.07) is 21.2. The van der Waals surface area contributed by atoms with Crippen LogP contribution in [0.4, 0.5) is 14.5 Å². The lowest BCUT2D eigenvalue weighted by Crippen LogP contribution is -2.23. The van der Waals surface area contributed by atoms with Gasteiger partial charge in [0.05, 0.1) is 5.25 Å². The Kier molecular flexibility index (Phi) is 7.22. The van der Waals surface area contributed by atoms with Crippen molar-refractivity contribution in [3.05, 3.63) is 96.3 Å². The molecule has 4 rings (SSSR count). The maximum Gasteiger partial charge on any atom is 0.237 e. The standard InChI is InChI=1S/C25H22F2N4O2S/c1-16(33-22-14-7-6-13-21(22)27)23-29-30-25(31(23)20-11-4-3-5-12-20)34-17(2)24(32)28-19-10-8-9-18(26)15-19/h3-17H,1-2H3,(H,28,32). The number of thioether (sulfide) groups is 1. The Hall–Kier alpha value is -3.72. The number of ether oxygens (including phenoxy) is 1. The molecule has 1 N–H and O–H groups in total. The van der Waals surface area contributed by atoms with E-state index in [1.165, 1.54) is 36.0 Å². The number of nitrogens with one attached hydrogen (secondary N) is 1. The number of hydrogen-bond acceptors (Lipinski definition) is 5. The van der Waals surface area contributed by atoms with Crippen molar-refractivity contribution < 1.29 is 18.3 Å². The quantitative estimate of drug-likeness (QED) is 0.323. The monoisotopic (exact) mass is 480 g/mol. The van der Waals surface area contributed by atoms with Gasteiger partial charge in [0.25, 0.3) is 0 Å². The van der Waals surface area contributed by atoms with Gasteiger partial charge in [-0.25, -0.2) is 8.78 Å². The van der Waals surface area contributed by atoms with Crippen LogP contribution in [0, 0.1) is 11.6 Å². The summed E-state index contributed by atoms with van der Waals surface area (Å²) in [6.07, 6.45) is -0.629. The van der Waals surface area contributed by atoms with Crippen LogP contribution in [-0.4, -0.2) is 25.9 Å². The zero-order valence-corrected chi connectivity index (χ0v) is 19.3. The van der Waals surface area contributed by atoms with Crippen LogP contribution in [0.2, 0.25) is 0 Å². The van der Waals surface area contributed by atoms with Gasteiger partial charge in [-0.3, -0.25) is 9.36 Å². The minimum atomic E-state index is -0.629. The van der Waals surface area contributed by atoms with Crippen molar-refractivity contribution in [3.63, 3.8) is 0 Å². The third kappa shape index (κ3) is 5.43. The van der Waals surface area contributed by atoms with Gasteiger partial charge in [0.15, 0.2) is 28.7 Å². The first-order valence-electron chi connectivity index (χ1n) is 10.6. The largest absolute Gasteiger partial charge is 0.480 e. The van der Waals surface area contributed by atoms with Gasteiger partial charge < -0.3 is 10.1 Å². The van der Waals surface area contributed by atoms with Crippen LogP contribution in [0.3, 0.4) is 0 Å². The first-order chi connectivity index (χ1) is 16.4. The van der Waals surface area contributed by atoms with Crippen molar-refractivity contribution in [2.24, 2.45) is 0 Å². The maximum absolute atomic E-state index is 14.1. The SMILES string of the molecule is CC(Sc1nnc(C(C)Oc2ccccc2F)n1-c1ccccc1)C(=O)Nc1cccc(F)c1. The van der Waals surface area contributed by atoms with Crippen molar-refractivity contribution in [2.45, 2.75) is 30.4 Å². The predicted octanol–water partition coefficient (Wildman–Crippen LogP) is 5.80. The summed E-state index contributed by atoms with van der Waals surface area (Å²) in [7, 11) is 0. The molecule has 0 radical (unpaired) electrons. The molecule has 2 atom stereocenters. The van der Waals surface area contributed by atoms with Crippen molar-refractivity contribution in [1.29, 1.82) is 0 Å². The third-order valence-corrected chi connectivity index (χ3v) is 5.96. The minimum absolute atomic E-state index is 0.106. The van der Waals surface area contributed by atoms with E-state index in [9.17, 15) is 13.6 Å². The number of hydrogen-bond donors (Lipinski definition) is 1. The van der Waals surface area contributed by atoms with E-state index in [0.29, 0.717) is 16.7 Å². The Morgan fingerprint density at radius 3 is 2.44 bits per heavy atom. The molecule has 0 saturated heterocycles. The van der Waals surface area contributed by atoms with Crippen LogP contribution in [0.15, 0.2) is 84.0 Å². The van der Waals surface area contributed by atoms with E-state index in [4.69, 9.17) is 4.74 Å². The number of nitrogens with zero attached hydrogens (tertiary/aromatic N) is 3. The molecule has 6 nitrogen and oxygen atoms in total. The number of benzene rings is 3. The molecule has 174 valence electrons. The average Bonchev–Trinajstić information content (AvgIpc) is 3.24. The van der Waals surface area contributed by atoms with E-state index in [2.05, 4.69) is 15.5 Å². The van der Waals surface area contributed by atoms with E-state index < -0.39 is 23.0 Å². The van der Waals surface area contributed by atoms with E-state index >= 15 is 0 Å². The number of aromatic nitrogens is 3. The van der Waals surface area contributed by atoms with E-state index in [-0.39, 0.29) is 11.7 Å². The predicted molar refractivity (Wildman–Crippen MR) is 127 cm³/mol. The lowest BCUT2D eigenvalue weighted by atomic mass is 10.3. The smallest absolute Gasteiger partial charge is 0.237 e. The molecule has 1 heterocycles. The molecule has 3 aromatic carbocycles. The van der Waals surface area contributed by atoms with E-state index in [1.54, 1.807) is 42.7 Å². The Bertz CT molecular complexity index is 1280. The van der Waals surface area contributed by atoms with Gasteiger partial charge in [-0.05, 0) is 56.3 Å². The molecule has 1 aromatic heterocycles. The number of amides is 1. The number of halogens is 2. The van der Waals surface area contributed by atoms with Crippen LogP contribution in [0.5, 0.6) is 5.75 Å². The first-order valence-corrected chi connectivity index (χ1v) is 11.5. The fourth-order valence-corrected chi connectivity index (χ4v) is 4.12. The second kappa shape index (κ2) is 10.5. The van der Waals surface area contributed by atoms with Crippen molar-refractivity contribution in [2.75, 3.05) is 5.32 Å². The first kappa shape index (κ1) is 23.4. The van der Waals surface area contributed by atoms with E-state index in [1.807, 2.05) is 30.3 Å². The van der Waals surface area contributed by atoms with Crippen LogP contribution >= 0.6 is 11.8 Å². The normalized spacial score (nSPS) is 12.7. The molecule has 4 aromatic rings. The van der Waals surface area contributed by atoms with Gasteiger partial charge in [-0.1, -0.05) is 48.2 Å². The highest BCUT2D eigenvalue weighted by molar-refractivity contribution is 8.00. The summed E-state index contributed by atoms with van der Waals surface area (Å²) >= 11 is 1.20. The Morgan fingerprint density at radius 2 is 1.71 bits per heavy atom. The molecule has 34 heavy (non-hydrogen) atoms. The summed E-state index contributed by atoms with van der Waals surface area (Å²) in [5.74, 6) is -0.660. The van der Waals surface area contributed by atoms with Gasteiger partial charge in [0.2, 0.25) is 5.91 Å². The molecular weight excluding hydrogens is 458 g/mol. The van der Waals surface area contributed by atoms with E-state index in [0.717, 1.165) is 5.69 Å². The minimum Gasteiger partial charge on any atom is -0.480 e. The van der Waals surface area contributed by atoms with Gasteiger partial charge in [-0.2, -0.15) is 0 Å². The highest BCUT2D eigenvalue weighted by Crippen LogP contribution is 2.31. The van der Waals surface area contributed by atoms with Gasteiger partial charge in [0.1, 0.15) is 5.82 Å². The molecule has 0 aliphatic heterocycles. The lowest BCUT2D eigenvalue weighted by molar-refractivity contribution is -0.115. The number of carbonyl (C=O) groups is 1. The summed E-state index contributed by atoms with van der Waals surface area (Å²) in [6.45, 7) is 3.48. The second-order valence-corrected chi connectivity index (χ2v) is 8.77. The molecule has 0 aliphatic carbocycles. The number of carbonyl (C=O) groups excluding carboxylic acids is 1. The van der Waals surface area contributed by atoms with Gasteiger partial charge >= 0.3 is 0 Å². The summed E-state index contributed by atoms with van der Waals surface area (Å²) in [5, 5.41) is 11.2. The fraction of sp³-hybridized carbons (Fsp3) is 0.160. The summed E-state index contributed by atoms with van der Waals surface area (Å²) in [4.78, 5) is 12.7. The zero-order chi connectivity index (χ0) is 24.1. The molecule has 0 saturated carbocycles. The van der Waals surface area contributed by atoms with Crippen LogP contribution < -0.4 is 10.1 Å². The summed E-state index contributed by atoms with van der Waals surface area (Å²) < 4.78 is 35.2. The molecule has 0 spiro atoms. The second-order valence-electron chi connectivity index (χ2n) is 7.46. The van der Waals surface area contributed by atoms with Gasteiger partial charge in [0, 0.05) is 11.4 Å². The van der Waals surface area contributed by atoms with Crippen LogP contribution in [0.1, 0.15) is 25.8 Å². The Morgan fingerprint density at radius 1 is 0.971 bits per heavy atom. The molecule has 0 bridgehead atoms. The molecule has 9 heteroatoms. The molecule has 1 amide bonds. The zero-order valence-electron chi connectivity index (χ0n) is 18.5. The number of para-hydroxylation sites is 2. The van der Waals surface area contributed by atoms with Crippen LogP contribution in [0.25, 0.3) is 5.69 Å². The molecule has 0 fully saturated rings. The van der Waals surface area contributed by atoms with Crippen LogP contribution in [-0.2, 0) is 4.79 Å². The summed E-state index contributed by atoms with van der Waals surface area (Å²) in [5.41, 5.74) is 1.14. The highest BCUT2D eigenvalue weighted by atomic mass is 32.2.